The summed E-state index contributed by atoms with van der Waals surface area (Å²) in [5.41, 5.74) is 0. The number of halogens is 1. The molecule has 2 heteroatoms. The first-order valence-corrected chi connectivity index (χ1v) is 5.59. The molecule has 1 atom stereocenters. The van der Waals surface area contributed by atoms with Crippen molar-refractivity contribution in [2.24, 2.45) is 0 Å². The highest BCUT2D eigenvalue weighted by Gasteiger charge is 2.00. The molecule has 0 aliphatic heterocycles. The minimum Gasteiger partial charge on any atom is -0.315 e. The topological polar surface area (TPSA) is 12.0 Å². The molecule has 0 aliphatic carbocycles. The van der Waals surface area contributed by atoms with Crippen LogP contribution in [-0.2, 0) is 0 Å². The van der Waals surface area contributed by atoms with E-state index in [-0.39, 0.29) is 0 Å². The van der Waals surface area contributed by atoms with Crippen LogP contribution in [0, 0.1) is 0 Å². The molecule has 0 rings (SSSR count). The molecule has 1 N–H and O–H groups in total. The molecule has 0 spiro atoms. The van der Waals surface area contributed by atoms with E-state index < -0.39 is 0 Å². The zero-order valence-electron chi connectivity index (χ0n) is 8.41. The molecule has 0 saturated heterocycles. The van der Waals surface area contributed by atoms with E-state index in [4.69, 9.17) is 11.6 Å². The predicted octanol–water partition coefficient (Wildman–Crippen LogP) is 3.17. The molecule has 0 aromatic carbocycles. The Labute approximate surface area is 81.9 Å². The van der Waals surface area contributed by atoms with Crippen LogP contribution in [-0.4, -0.2) is 18.5 Å². The van der Waals surface area contributed by atoms with Gasteiger partial charge in [-0.25, -0.2) is 0 Å². The molecule has 74 valence electrons. The first-order valence-electron chi connectivity index (χ1n) is 5.16. The number of hydrogen-bond acceptors (Lipinski definition) is 1. The molecule has 0 fully saturated rings. The monoisotopic (exact) mass is 191 g/mol. The first kappa shape index (κ1) is 12.2. The zero-order valence-corrected chi connectivity index (χ0v) is 9.16. The smallest absolute Gasteiger partial charge is 0.0460 e. The Kier molecular flexibility index (Phi) is 9.53. The fraction of sp³-hybridized carbons (Fsp3) is 1.00. The van der Waals surface area contributed by atoms with Crippen LogP contribution in [0.4, 0.5) is 0 Å². The van der Waals surface area contributed by atoms with Crippen molar-refractivity contribution in [2.45, 2.75) is 51.3 Å². The predicted molar refractivity (Wildman–Crippen MR) is 56.9 cm³/mol. The highest BCUT2D eigenvalue weighted by atomic mass is 35.5. The quantitative estimate of drug-likeness (QED) is 0.459. The molecular weight excluding hydrogens is 170 g/mol. The summed E-state index contributed by atoms with van der Waals surface area (Å²) in [6.45, 7) is 6.49. The maximum absolute atomic E-state index is 6.03. The second-order valence-electron chi connectivity index (χ2n) is 3.30. The molecule has 0 aliphatic rings. The number of nitrogens with one attached hydrogen (secondary N) is 1. The van der Waals surface area contributed by atoms with E-state index in [1.165, 1.54) is 25.7 Å². The maximum atomic E-state index is 6.03. The molecule has 0 radical (unpaired) electrons. The van der Waals surface area contributed by atoms with E-state index in [1.807, 2.05) is 0 Å². The van der Waals surface area contributed by atoms with Crippen LogP contribution in [0.2, 0.25) is 0 Å². The van der Waals surface area contributed by atoms with Gasteiger partial charge in [0.1, 0.15) is 0 Å². The number of alkyl halides is 1. The Hall–Kier alpha value is 0.250. The first-order chi connectivity index (χ1) is 5.81. The molecule has 12 heavy (non-hydrogen) atoms. The third-order valence-corrected chi connectivity index (χ3v) is 2.30. The van der Waals surface area contributed by atoms with Gasteiger partial charge in [0, 0.05) is 11.9 Å². The summed E-state index contributed by atoms with van der Waals surface area (Å²) in [5.74, 6) is 0. The van der Waals surface area contributed by atoms with Crippen LogP contribution in [0.15, 0.2) is 0 Å². The van der Waals surface area contributed by atoms with Crippen molar-refractivity contribution < 1.29 is 0 Å². The lowest BCUT2D eigenvalue weighted by Gasteiger charge is -2.08. The fourth-order valence-electron chi connectivity index (χ4n) is 1.17. The molecule has 0 bridgehead atoms. The minimum atomic E-state index is 0.330. The molecule has 0 amide bonds. The van der Waals surface area contributed by atoms with Crippen molar-refractivity contribution in [1.29, 1.82) is 0 Å². The summed E-state index contributed by atoms with van der Waals surface area (Å²) in [6, 6.07) is 0. The van der Waals surface area contributed by atoms with Crippen molar-refractivity contribution in [3.05, 3.63) is 0 Å². The molecule has 0 aromatic heterocycles. The van der Waals surface area contributed by atoms with Crippen molar-refractivity contribution in [2.75, 3.05) is 13.1 Å². The van der Waals surface area contributed by atoms with E-state index in [1.54, 1.807) is 0 Å². The highest BCUT2D eigenvalue weighted by molar-refractivity contribution is 6.20. The van der Waals surface area contributed by atoms with E-state index in [2.05, 4.69) is 19.2 Å². The Morgan fingerprint density at radius 1 is 1.17 bits per heavy atom. The van der Waals surface area contributed by atoms with E-state index in [0.717, 1.165) is 19.5 Å². The Bertz CT molecular complexity index is 85.9. The van der Waals surface area contributed by atoms with Crippen molar-refractivity contribution >= 4 is 11.6 Å². The van der Waals surface area contributed by atoms with Crippen LogP contribution in [0.3, 0.4) is 0 Å². The number of unbranched alkanes of at least 4 members (excludes halogenated alkanes) is 2. The van der Waals surface area contributed by atoms with E-state index in [9.17, 15) is 0 Å². The molecule has 0 heterocycles. The summed E-state index contributed by atoms with van der Waals surface area (Å²) in [4.78, 5) is 0. The van der Waals surface area contributed by atoms with E-state index in [0.29, 0.717) is 5.38 Å². The summed E-state index contributed by atoms with van der Waals surface area (Å²) in [5, 5.41) is 3.70. The zero-order chi connectivity index (χ0) is 9.23. The largest absolute Gasteiger partial charge is 0.315 e. The highest BCUT2D eigenvalue weighted by Crippen LogP contribution is 2.03. The van der Waals surface area contributed by atoms with Gasteiger partial charge < -0.3 is 5.32 Å². The SMILES string of the molecule is CCCCCNCC(Cl)CCC. The Morgan fingerprint density at radius 2 is 1.92 bits per heavy atom. The average molecular weight is 192 g/mol. The van der Waals surface area contributed by atoms with Crippen LogP contribution in [0.1, 0.15) is 46.0 Å². The van der Waals surface area contributed by atoms with Crippen molar-refractivity contribution in [3.63, 3.8) is 0 Å². The minimum absolute atomic E-state index is 0.330. The van der Waals surface area contributed by atoms with Crippen LogP contribution < -0.4 is 5.32 Å². The number of rotatable bonds is 8. The lowest BCUT2D eigenvalue weighted by atomic mass is 10.2. The normalized spacial score (nSPS) is 13.2. The lowest BCUT2D eigenvalue weighted by molar-refractivity contribution is 0.587. The van der Waals surface area contributed by atoms with Crippen LogP contribution in [0.5, 0.6) is 0 Å². The molecule has 0 saturated carbocycles. The van der Waals surface area contributed by atoms with Gasteiger partial charge >= 0.3 is 0 Å². The van der Waals surface area contributed by atoms with Gasteiger partial charge in [0.15, 0.2) is 0 Å². The fourth-order valence-corrected chi connectivity index (χ4v) is 1.50. The Balaban J connectivity index is 2.97. The van der Waals surface area contributed by atoms with Gasteiger partial charge in [-0.3, -0.25) is 0 Å². The second kappa shape index (κ2) is 9.34. The summed E-state index contributed by atoms with van der Waals surface area (Å²) >= 11 is 6.03. The van der Waals surface area contributed by atoms with Gasteiger partial charge in [0.25, 0.3) is 0 Å². The standard InChI is InChI=1S/C10H22ClN/c1-3-5-6-8-12-9-10(11)7-4-2/h10,12H,3-9H2,1-2H3. The number of hydrogen-bond donors (Lipinski definition) is 1. The van der Waals surface area contributed by atoms with Gasteiger partial charge in [0.05, 0.1) is 0 Å². The van der Waals surface area contributed by atoms with E-state index >= 15 is 0 Å². The average Bonchev–Trinajstić information content (AvgIpc) is 2.05. The Morgan fingerprint density at radius 3 is 2.50 bits per heavy atom. The third-order valence-electron chi connectivity index (χ3n) is 1.92. The van der Waals surface area contributed by atoms with Gasteiger partial charge in [0.2, 0.25) is 0 Å². The third kappa shape index (κ3) is 8.35. The summed E-state index contributed by atoms with van der Waals surface area (Å²) in [6.07, 6.45) is 6.22. The maximum Gasteiger partial charge on any atom is 0.0460 e. The molecule has 1 nitrogen and oxygen atoms in total. The lowest BCUT2D eigenvalue weighted by Crippen LogP contribution is -2.24. The van der Waals surface area contributed by atoms with Crippen molar-refractivity contribution in [3.8, 4) is 0 Å². The molecule has 1 unspecified atom stereocenters. The molecular formula is C10H22ClN. The van der Waals surface area contributed by atoms with Gasteiger partial charge in [-0.05, 0) is 19.4 Å². The van der Waals surface area contributed by atoms with Gasteiger partial charge in [-0.2, -0.15) is 0 Å². The summed E-state index contributed by atoms with van der Waals surface area (Å²) < 4.78 is 0. The van der Waals surface area contributed by atoms with Gasteiger partial charge in [-0.15, -0.1) is 11.6 Å². The molecule has 0 aromatic rings. The van der Waals surface area contributed by atoms with Crippen molar-refractivity contribution in [1.82, 2.24) is 5.32 Å². The summed E-state index contributed by atoms with van der Waals surface area (Å²) in [7, 11) is 0. The van der Waals surface area contributed by atoms with Gasteiger partial charge in [-0.1, -0.05) is 33.1 Å². The second-order valence-corrected chi connectivity index (χ2v) is 3.91. The van der Waals surface area contributed by atoms with Crippen LogP contribution in [0.25, 0.3) is 0 Å². The van der Waals surface area contributed by atoms with Crippen LogP contribution >= 0.6 is 11.6 Å².